The summed E-state index contributed by atoms with van der Waals surface area (Å²) < 4.78 is 0. The third-order valence-electron chi connectivity index (χ3n) is 1.40. The van der Waals surface area contributed by atoms with Gasteiger partial charge in [0, 0.05) is 32.1 Å². The number of aromatic nitrogens is 1. The molecule has 11 heavy (non-hydrogen) atoms. The minimum atomic E-state index is 0.859. The largest absolute Gasteiger partial charge is 0.373 e. The van der Waals surface area contributed by atoms with E-state index in [2.05, 4.69) is 15.3 Å². The fourth-order valence-electron chi connectivity index (χ4n) is 0.888. The van der Waals surface area contributed by atoms with E-state index in [1.165, 1.54) is 0 Å². The summed E-state index contributed by atoms with van der Waals surface area (Å²) in [6, 6.07) is 3.85. The Kier molecular flexibility index (Phi) is 2.60. The number of rotatable bonds is 1. The monoisotopic (exact) mass is 149 g/mol. The first-order valence-electron chi connectivity index (χ1n) is 3.43. The highest BCUT2D eigenvalue weighted by Gasteiger charge is 1.96. The molecule has 0 saturated heterocycles. The van der Waals surface area contributed by atoms with E-state index in [1.54, 1.807) is 19.4 Å². The van der Waals surface area contributed by atoms with Crippen LogP contribution in [-0.4, -0.2) is 24.9 Å². The van der Waals surface area contributed by atoms with Crippen molar-refractivity contribution in [2.45, 2.75) is 0 Å². The molecular formula is C8H11N3. The second-order valence-electron chi connectivity index (χ2n) is 2.06. The average molecular weight is 149 g/mol. The lowest BCUT2D eigenvalue weighted by Gasteiger charge is -2.02. The van der Waals surface area contributed by atoms with Gasteiger partial charge in [-0.05, 0) is 12.1 Å². The van der Waals surface area contributed by atoms with Crippen LogP contribution in [0.25, 0.3) is 0 Å². The van der Waals surface area contributed by atoms with Crippen molar-refractivity contribution in [1.29, 1.82) is 0 Å². The van der Waals surface area contributed by atoms with Gasteiger partial charge in [-0.2, -0.15) is 0 Å². The number of nitrogens with one attached hydrogen (secondary N) is 1. The molecule has 0 fully saturated rings. The van der Waals surface area contributed by atoms with Gasteiger partial charge in [0.15, 0.2) is 0 Å². The lowest BCUT2D eigenvalue weighted by atomic mass is 10.2. The van der Waals surface area contributed by atoms with Crippen LogP contribution in [0.3, 0.4) is 0 Å². The second kappa shape index (κ2) is 3.71. The summed E-state index contributed by atoms with van der Waals surface area (Å²) in [4.78, 5) is 8.02. The van der Waals surface area contributed by atoms with Gasteiger partial charge in [0.05, 0.1) is 0 Å². The van der Waals surface area contributed by atoms with Gasteiger partial charge in [-0.3, -0.25) is 9.98 Å². The van der Waals surface area contributed by atoms with E-state index in [1.807, 2.05) is 19.2 Å². The first kappa shape index (κ1) is 7.72. The van der Waals surface area contributed by atoms with E-state index >= 15 is 0 Å². The van der Waals surface area contributed by atoms with Crippen LogP contribution in [0.4, 0.5) is 0 Å². The van der Waals surface area contributed by atoms with Crippen molar-refractivity contribution in [2.75, 3.05) is 14.1 Å². The van der Waals surface area contributed by atoms with Crippen molar-refractivity contribution >= 4 is 5.84 Å². The fraction of sp³-hybridized carbons (Fsp3) is 0.250. The molecule has 0 bridgehead atoms. The molecule has 0 aromatic carbocycles. The Balaban J connectivity index is 2.92. The first-order valence-corrected chi connectivity index (χ1v) is 3.43. The predicted molar refractivity (Wildman–Crippen MR) is 45.8 cm³/mol. The number of amidine groups is 1. The van der Waals surface area contributed by atoms with Gasteiger partial charge in [0.2, 0.25) is 0 Å². The zero-order chi connectivity index (χ0) is 8.10. The maximum atomic E-state index is 4.04. The molecule has 0 aliphatic heterocycles. The van der Waals surface area contributed by atoms with Gasteiger partial charge < -0.3 is 5.32 Å². The molecule has 0 saturated carbocycles. The molecule has 3 nitrogen and oxygen atoms in total. The molecule has 0 atom stereocenters. The molecule has 0 aliphatic rings. The van der Waals surface area contributed by atoms with Crippen molar-refractivity contribution in [2.24, 2.45) is 4.99 Å². The fourth-order valence-corrected chi connectivity index (χ4v) is 0.888. The molecule has 0 unspecified atom stereocenters. The number of nitrogens with zero attached hydrogens (tertiary/aromatic N) is 2. The predicted octanol–water partition coefficient (Wildman–Crippen LogP) is 0.677. The van der Waals surface area contributed by atoms with Crippen molar-refractivity contribution in [1.82, 2.24) is 10.3 Å². The van der Waals surface area contributed by atoms with E-state index < -0.39 is 0 Å². The Bertz CT molecular complexity index is 241. The highest BCUT2D eigenvalue weighted by molar-refractivity contribution is 5.98. The summed E-state index contributed by atoms with van der Waals surface area (Å²) in [5.74, 6) is 0.859. The minimum absolute atomic E-state index is 0.859. The Morgan fingerprint density at radius 1 is 1.64 bits per heavy atom. The summed E-state index contributed by atoms with van der Waals surface area (Å²) in [6.45, 7) is 0. The maximum absolute atomic E-state index is 4.04. The Hall–Kier alpha value is -1.38. The van der Waals surface area contributed by atoms with E-state index in [-0.39, 0.29) is 0 Å². The number of hydrogen-bond donors (Lipinski definition) is 1. The molecule has 0 radical (unpaired) electrons. The lowest BCUT2D eigenvalue weighted by Crippen LogP contribution is -2.19. The quantitative estimate of drug-likeness (QED) is 0.471. The van der Waals surface area contributed by atoms with Crippen LogP contribution in [0.1, 0.15) is 5.56 Å². The van der Waals surface area contributed by atoms with Gasteiger partial charge in [0.25, 0.3) is 0 Å². The summed E-state index contributed by atoms with van der Waals surface area (Å²) in [7, 11) is 3.59. The van der Waals surface area contributed by atoms with E-state index in [0.717, 1.165) is 11.4 Å². The van der Waals surface area contributed by atoms with E-state index in [4.69, 9.17) is 0 Å². The van der Waals surface area contributed by atoms with E-state index in [0.29, 0.717) is 0 Å². The molecule has 0 spiro atoms. The Morgan fingerprint density at radius 2 is 2.45 bits per heavy atom. The van der Waals surface area contributed by atoms with Crippen LogP contribution >= 0.6 is 0 Å². The van der Waals surface area contributed by atoms with Gasteiger partial charge >= 0.3 is 0 Å². The summed E-state index contributed by atoms with van der Waals surface area (Å²) in [6.07, 6.45) is 3.52. The van der Waals surface area contributed by atoms with Gasteiger partial charge in [-0.25, -0.2) is 0 Å². The van der Waals surface area contributed by atoms with Gasteiger partial charge in [-0.1, -0.05) is 0 Å². The third-order valence-corrected chi connectivity index (χ3v) is 1.40. The van der Waals surface area contributed by atoms with Crippen LogP contribution in [0.5, 0.6) is 0 Å². The molecule has 1 rings (SSSR count). The molecule has 1 aromatic rings. The Labute approximate surface area is 66.2 Å². The van der Waals surface area contributed by atoms with Crippen LogP contribution in [0.15, 0.2) is 29.5 Å². The van der Waals surface area contributed by atoms with Crippen LogP contribution in [0.2, 0.25) is 0 Å². The van der Waals surface area contributed by atoms with Crippen molar-refractivity contribution < 1.29 is 0 Å². The SMILES string of the molecule is C/N=C(\NC)c1cccnc1. The molecule has 1 aromatic heterocycles. The smallest absolute Gasteiger partial charge is 0.129 e. The molecule has 58 valence electrons. The summed E-state index contributed by atoms with van der Waals surface area (Å²) in [5.41, 5.74) is 1.01. The summed E-state index contributed by atoms with van der Waals surface area (Å²) >= 11 is 0. The van der Waals surface area contributed by atoms with Crippen LogP contribution in [0, 0.1) is 0 Å². The van der Waals surface area contributed by atoms with Crippen LogP contribution in [-0.2, 0) is 0 Å². The number of aliphatic imine (C=N–C) groups is 1. The standard InChI is InChI=1S/C8H11N3/c1-9-8(10-2)7-4-3-5-11-6-7/h3-6H,1-2H3,(H,9,10). The van der Waals surface area contributed by atoms with Crippen LogP contribution < -0.4 is 5.32 Å². The first-order chi connectivity index (χ1) is 5.38. The maximum Gasteiger partial charge on any atom is 0.129 e. The molecule has 3 heteroatoms. The average Bonchev–Trinajstić information content (AvgIpc) is 2.09. The van der Waals surface area contributed by atoms with Crippen molar-refractivity contribution in [3.05, 3.63) is 30.1 Å². The topological polar surface area (TPSA) is 37.3 Å². The normalized spacial score (nSPS) is 11.3. The molecule has 0 aliphatic carbocycles. The Morgan fingerprint density at radius 3 is 2.91 bits per heavy atom. The van der Waals surface area contributed by atoms with Gasteiger partial charge in [0.1, 0.15) is 5.84 Å². The second-order valence-corrected chi connectivity index (χ2v) is 2.06. The highest BCUT2D eigenvalue weighted by Crippen LogP contribution is 1.94. The molecule has 0 amide bonds. The zero-order valence-electron chi connectivity index (χ0n) is 6.70. The summed E-state index contributed by atoms with van der Waals surface area (Å²) in [5, 5.41) is 2.98. The molecular weight excluding hydrogens is 138 g/mol. The zero-order valence-corrected chi connectivity index (χ0v) is 6.70. The highest BCUT2D eigenvalue weighted by atomic mass is 14.9. The van der Waals surface area contributed by atoms with Gasteiger partial charge in [-0.15, -0.1) is 0 Å². The number of hydrogen-bond acceptors (Lipinski definition) is 2. The minimum Gasteiger partial charge on any atom is -0.373 e. The van der Waals surface area contributed by atoms with E-state index in [9.17, 15) is 0 Å². The third kappa shape index (κ3) is 1.77. The van der Waals surface area contributed by atoms with Crippen molar-refractivity contribution in [3.8, 4) is 0 Å². The molecule has 1 heterocycles. The number of pyridine rings is 1. The lowest BCUT2D eigenvalue weighted by molar-refractivity contribution is 1.14. The molecule has 1 N–H and O–H groups in total. The van der Waals surface area contributed by atoms with Crippen molar-refractivity contribution in [3.63, 3.8) is 0 Å².